The molecule has 3 nitrogen and oxygen atoms in total. The zero-order valence-electron chi connectivity index (χ0n) is 13.4. The third kappa shape index (κ3) is 4.21. The summed E-state index contributed by atoms with van der Waals surface area (Å²) in [4.78, 5) is 4.93. The van der Waals surface area contributed by atoms with Crippen LogP contribution in [0.25, 0.3) is 0 Å². The van der Waals surface area contributed by atoms with Crippen LogP contribution in [-0.2, 0) is 6.54 Å². The molecular formula is C18H29N3. The van der Waals surface area contributed by atoms with Crippen LogP contribution in [0.3, 0.4) is 0 Å². The van der Waals surface area contributed by atoms with Crippen molar-refractivity contribution in [2.45, 2.75) is 32.2 Å². The van der Waals surface area contributed by atoms with Gasteiger partial charge in [-0.3, -0.25) is 0 Å². The van der Waals surface area contributed by atoms with E-state index in [0.29, 0.717) is 0 Å². The van der Waals surface area contributed by atoms with E-state index in [-0.39, 0.29) is 0 Å². The van der Waals surface area contributed by atoms with Gasteiger partial charge in [0.2, 0.25) is 0 Å². The van der Waals surface area contributed by atoms with Gasteiger partial charge in [0.15, 0.2) is 0 Å². The zero-order chi connectivity index (χ0) is 14.5. The molecule has 3 heteroatoms. The molecule has 0 bridgehead atoms. The highest BCUT2D eigenvalue weighted by Gasteiger charge is 2.16. The van der Waals surface area contributed by atoms with Crippen molar-refractivity contribution in [3.63, 3.8) is 0 Å². The van der Waals surface area contributed by atoms with Gasteiger partial charge in [-0.2, -0.15) is 0 Å². The van der Waals surface area contributed by atoms with Crippen molar-refractivity contribution in [1.82, 2.24) is 10.2 Å². The molecule has 116 valence electrons. The molecule has 21 heavy (non-hydrogen) atoms. The van der Waals surface area contributed by atoms with Crippen LogP contribution in [0, 0.1) is 5.92 Å². The Morgan fingerprint density at radius 3 is 2.33 bits per heavy atom. The Labute approximate surface area is 129 Å². The smallest absolute Gasteiger partial charge is 0.0366 e. The minimum Gasteiger partial charge on any atom is -0.372 e. The standard InChI is InChI=1S/C18H29N3/c1-20-12-8-17(9-13-20)15-19-14-16-4-6-18(7-5-16)21-10-2-3-11-21/h4-7,17,19H,2-3,8-15H2,1H3. The summed E-state index contributed by atoms with van der Waals surface area (Å²) < 4.78 is 0. The van der Waals surface area contributed by atoms with Gasteiger partial charge in [-0.25, -0.2) is 0 Å². The minimum atomic E-state index is 0.866. The molecule has 1 aromatic rings. The van der Waals surface area contributed by atoms with Crippen molar-refractivity contribution in [1.29, 1.82) is 0 Å². The van der Waals surface area contributed by atoms with Crippen LogP contribution >= 0.6 is 0 Å². The van der Waals surface area contributed by atoms with Crippen molar-refractivity contribution in [3.05, 3.63) is 29.8 Å². The third-order valence-corrected chi connectivity index (χ3v) is 5.01. The normalized spacial score (nSPS) is 21.1. The van der Waals surface area contributed by atoms with Gasteiger partial charge < -0.3 is 15.1 Å². The predicted molar refractivity (Wildman–Crippen MR) is 89.8 cm³/mol. The first kappa shape index (κ1) is 14.9. The molecule has 0 radical (unpaired) electrons. The Hall–Kier alpha value is -1.06. The average Bonchev–Trinajstić information content (AvgIpc) is 3.04. The largest absolute Gasteiger partial charge is 0.372 e. The van der Waals surface area contributed by atoms with Gasteiger partial charge in [-0.15, -0.1) is 0 Å². The fraction of sp³-hybridized carbons (Fsp3) is 0.667. The van der Waals surface area contributed by atoms with E-state index >= 15 is 0 Å². The monoisotopic (exact) mass is 287 g/mol. The molecule has 2 fully saturated rings. The second-order valence-electron chi connectivity index (χ2n) is 6.74. The fourth-order valence-corrected chi connectivity index (χ4v) is 3.49. The van der Waals surface area contributed by atoms with Crippen molar-refractivity contribution < 1.29 is 0 Å². The summed E-state index contributed by atoms with van der Waals surface area (Å²) in [6.45, 7) is 7.16. The predicted octanol–water partition coefficient (Wildman–Crippen LogP) is 2.72. The number of likely N-dealkylation sites (tertiary alicyclic amines) is 1. The van der Waals surface area contributed by atoms with E-state index in [2.05, 4.69) is 46.4 Å². The first-order valence-electron chi connectivity index (χ1n) is 8.54. The number of anilines is 1. The van der Waals surface area contributed by atoms with E-state index in [4.69, 9.17) is 0 Å². The van der Waals surface area contributed by atoms with Gasteiger partial charge in [0, 0.05) is 25.3 Å². The van der Waals surface area contributed by atoms with Crippen molar-refractivity contribution in [2.75, 3.05) is 44.7 Å². The molecule has 2 aliphatic rings. The number of benzene rings is 1. The number of piperidine rings is 1. The van der Waals surface area contributed by atoms with Gasteiger partial charge >= 0.3 is 0 Å². The molecule has 0 aliphatic carbocycles. The lowest BCUT2D eigenvalue weighted by Crippen LogP contribution is -2.34. The van der Waals surface area contributed by atoms with Gasteiger partial charge in [-0.1, -0.05) is 12.1 Å². The number of hydrogen-bond donors (Lipinski definition) is 1. The summed E-state index contributed by atoms with van der Waals surface area (Å²) in [5.74, 6) is 0.866. The summed E-state index contributed by atoms with van der Waals surface area (Å²) >= 11 is 0. The lowest BCUT2D eigenvalue weighted by atomic mass is 9.97. The average molecular weight is 287 g/mol. The SMILES string of the molecule is CN1CCC(CNCc2ccc(N3CCCC3)cc2)CC1. The van der Waals surface area contributed by atoms with Crippen molar-refractivity contribution >= 4 is 5.69 Å². The maximum atomic E-state index is 3.64. The number of hydrogen-bond acceptors (Lipinski definition) is 3. The lowest BCUT2D eigenvalue weighted by molar-refractivity contribution is 0.216. The van der Waals surface area contributed by atoms with Crippen LogP contribution in [0.5, 0.6) is 0 Å². The van der Waals surface area contributed by atoms with Gasteiger partial charge in [0.1, 0.15) is 0 Å². The summed E-state index contributed by atoms with van der Waals surface area (Å²) in [5, 5.41) is 3.64. The maximum Gasteiger partial charge on any atom is 0.0366 e. The molecule has 3 rings (SSSR count). The van der Waals surface area contributed by atoms with E-state index < -0.39 is 0 Å². The molecule has 2 aliphatic heterocycles. The van der Waals surface area contributed by atoms with E-state index in [9.17, 15) is 0 Å². The number of nitrogens with zero attached hydrogens (tertiary/aromatic N) is 2. The van der Waals surface area contributed by atoms with Gasteiger partial charge in [0.05, 0.1) is 0 Å². The molecule has 0 unspecified atom stereocenters. The Morgan fingerprint density at radius 1 is 1.00 bits per heavy atom. The molecule has 0 amide bonds. The first-order chi connectivity index (χ1) is 10.3. The van der Waals surface area contributed by atoms with Crippen molar-refractivity contribution in [2.24, 2.45) is 5.92 Å². The van der Waals surface area contributed by atoms with Crippen LogP contribution in [0.1, 0.15) is 31.2 Å². The summed E-state index contributed by atoms with van der Waals surface area (Å²) in [5.41, 5.74) is 2.80. The summed E-state index contributed by atoms with van der Waals surface area (Å²) in [6, 6.07) is 9.15. The van der Waals surface area contributed by atoms with Gasteiger partial charge in [-0.05, 0) is 76.0 Å². The highest BCUT2D eigenvalue weighted by Crippen LogP contribution is 2.20. The van der Waals surface area contributed by atoms with Crippen LogP contribution in [-0.4, -0.2) is 44.7 Å². The fourth-order valence-electron chi connectivity index (χ4n) is 3.49. The van der Waals surface area contributed by atoms with Crippen LogP contribution in [0.15, 0.2) is 24.3 Å². The van der Waals surface area contributed by atoms with Crippen LogP contribution in [0.2, 0.25) is 0 Å². The Bertz CT molecular complexity index is 415. The van der Waals surface area contributed by atoms with Crippen LogP contribution < -0.4 is 10.2 Å². The number of rotatable bonds is 5. The highest BCUT2D eigenvalue weighted by atomic mass is 15.1. The van der Waals surface area contributed by atoms with E-state index in [1.54, 1.807) is 0 Å². The van der Waals surface area contributed by atoms with Crippen LogP contribution in [0.4, 0.5) is 5.69 Å². The molecule has 0 saturated carbocycles. The Balaban J connectivity index is 1.41. The molecule has 2 heterocycles. The second-order valence-corrected chi connectivity index (χ2v) is 6.74. The topological polar surface area (TPSA) is 18.5 Å². The molecule has 1 N–H and O–H groups in total. The van der Waals surface area contributed by atoms with Crippen molar-refractivity contribution in [3.8, 4) is 0 Å². The molecule has 1 aromatic carbocycles. The molecular weight excluding hydrogens is 258 g/mol. The molecule has 2 saturated heterocycles. The Kier molecular flexibility index (Phi) is 5.15. The lowest BCUT2D eigenvalue weighted by Gasteiger charge is -2.29. The summed E-state index contributed by atoms with van der Waals surface area (Å²) in [7, 11) is 2.23. The van der Waals surface area contributed by atoms with Gasteiger partial charge in [0.25, 0.3) is 0 Å². The third-order valence-electron chi connectivity index (χ3n) is 5.01. The first-order valence-corrected chi connectivity index (χ1v) is 8.54. The molecule has 0 atom stereocenters. The quantitative estimate of drug-likeness (QED) is 0.898. The molecule has 0 aromatic heterocycles. The Morgan fingerprint density at radius 2 is 1.67 bits per heavy atom. The van der Waals surface area contributed by atoms with E-state index in [1.807, 2.05) is 0 Å². The molecule has 0 spiro atoms. The van der Waals surface area contributed by atoms with E-state index in [0.717, 1.165) is 12.5 Å². The second kappa shape index (κ2) is 7.28. The maximum absolute atomic E-state index is 3.64. The number of nitrogens with one attached hydrogen (secondary N) is 1. The zero-order valence-corrected chi connectivity index (χ0v) is 13.4. The van der Waals surface area contributed by atoms with E-state index in [1.165, 1.54) is 69.7 Å². The minimum absolute atomic E-state index is 0.866. The highest BCUT2D eigenvalue weighted by molar-refractivity contribution is 5.48. The summed E-state index contributed by atoms with van der Waals surface area (Å²) in [6.07, 6.45) is 5.38.